The Kier molecular flexibility index (Phi) is 7.92. The molecule has 1 unspecified atom stereocenters. The lowest BCUT2D eigenvalue weighted by Crippen LogP contribution is -2.42. The second kappa shape index (κ2) is 9.72. The van der Waals surface area contributed by atoms with Crippen LogP contribution < -0.4 is 5.32 Å². The number of carbonyl (C=O) groups is 2. The minimum atomic E-state index is -1.14. The van der Waals surface area contributed by atoms with E-state index in [1.54, 1.807) is 18.2 Å². The van der Waals surface area contributed by atoms with Crippen molar-refractivity contribution in [2.45, 2.75) is 11.8 Å². The average Bonchev–Trinajstić information content (AvgIpc) is 2.52. The highest BCUT2D eigenvalue weighted by Crippen LogP contribution is 2.23. The van der Waals surface area contributed by atoms with E-state index in [1.807, 2.05) is 0 Å². The van der Waals surface area contributed by atoms with E-state index < -0.39 is 17.9 Å². The van der Waals surface area contributed by atoms with Gasteiger partial charge in [-0.1, -0.05) is 46.4 Å². The zero-order chi connectivity index (χ0) is 19.3. The molecule has 0 saturated carbocycles. The first-order valence-corrected chi connectivity index (χ1v) is 9.94. The van der Waals surface area contributed by atoms with Gasteiger partial charge in [-0.05, 0) is 42.0 Å². The first-order chi connectivity index (χ1) is 12.3. The van der Waals surface area contributed by atoms with Crippen molar-refractivity contribution in [3.8, 4) is 0 Å². The maximum atomic E-state index is 12.3. The summed E-state index contributed by atoms with van der Waals surface area (Å²) in [5, 5.41) is 13.4. The van der Waals surface area contributed by atoms with E-state index in [-0.39, 0.29) is 16.3 Å². The average molecular weight is 453 g/mol. The zero-order valence-corrected chi connectivity index (χ0v) is 17.0. The fourth-order valence-corrected chi connectivity index (χ4v) is 4.12. The molecule has 4 nitrogen and oxygen atoms in total. The fourth-order valence-electron chi connectivity index (χ4n) is 2.07. The highest BCUT2D eigenvalue weighted by Gasteiger charge is 2.22. The molecule has 0 aromatic heterocycles. The first kappa shape index (κ1) is 21.2. The molecule has 0 fully saturated rings. The van der Waals surface area contributed by atoms with Gasteiger partial charge in [0.1, 0.15) is 6.04 Å². The molecule has 2 aromatic rings. The standard InChI is InChI=1S/C17H13Cl4NO3S/c18-10-1-2-13(14(21)6-10)16(23)22-15(17(24)25)8-26-7-9-3-11(19)5-12(20)4-9/h1-6,15H,7-8H2,(H,22,23)(H,24,25). The third kappa shape index (κ3) is 6.25. The van der Waals surface area contributed by atoms with Crippen molar-refractivity contribution in [1.82, 2.24) is 5.32 Å². The molecule has 0 aliphatic rings. The molecule has 0 saturated heterocycles. The number of nitrogens with one attached hydrogen (secondary N) is 1. The maximum Gasteiger partial charge on any atom is 0.327 e. The van der Waals surface area contributed by atoms with Gasteiger partial charge in [0.2, 0.25) is 0 Å². The van der Waals surface area contributed by atoms with Crippen molar-refractivity contribution in [3.63, 3.8) is 0 Å². The van der Waals surface area contributed by atoms with Crippen molar-refractivity contribution in [2.24, 2.45) is 0 Å². The van der Waals surface area contributed by atoms with Gasteiger partial charge in [-0.3, -0.25) is 4.79 Å². The second-order valence-electron chi connectivity index (χ2n) is 5.28. The zero-order valence-electron chi connectivity index (χ0n) is 13.1. The lowest BCUT2D eigenvalue weighted by Gasteiger charge is -2.15. The van der Waals surface area contributed by atoms with Gasteiger partial charge in [-0.25, -0.2) is 4.79 Å². The molecule has 1 amide bonds. The van der Waals surface area contributed by atoms with Crippen LogP contribution in [0.4, 0.5) is 0 Å². The number of carboxylic acids is 1. The van der Waals surface area contributed by atoms with Gasteiger partial charge < -0.3 is 10.4 Å². The Balaban J connectivity index is 1.98. The largest absolute Gasteiger partial charge is 0.480 e. The van der Waals surface area contributed by atoms with Crippen LogP contribution in [-0.4, -0.2) is 28.8 Å². The Morgan fingerprint density at radius 3 is 2.23 bits per heavy atom. The van der Waals surface area contributed by atoms with E-state index in [9.17, 15) is 14.7 Å². The second-order valence-corrected chi connectivity index (χ2v) is 8.03. The quantitative estimate of drug-likeness (QED) is 0.588. The van der Waals surface area contributed by atoms with Crippen LogP contribution in [0, 0.1) is 0 Å². The molecule has 2 aromatic carbocycles. The third-order valence-corrected chi connectivity index (χ3v) is 5.35. The molecule has 1 atom stereocenters. The van der Waals surface area contributed by atoms with E-state index in [4.69, 9.17) is 46.4 Å². The van der Waals surface area contributed by atoms with Crippen LogP contribution in [0.2, 0.25) is 20.1 Å². The van der Waals surface area contributed by atoms with Crippen LogP contribution in [0.25, 0.3) is 0 Å². The van der Waals surface area contributed by atoms with Gasteiger partial charge in [0.15, 0.2) is 0 Å². The Morgan fingerprint density at radius 1 is 1.00 bits per heavy atom. The molecular formula is C17H13Cl4NO3S. The van der Waals surface area contributed by atoms with Crippen molar-refractivity contribution in [2.75, 3.05) is 5.75 Å². The summed E-state index contributed by atoms with van der Waals surface area (Å²) in [5.74, 6) is -1.05. The topological polar surface area (TPSA) is 66.4 Å². The number of aliphatic carboxylic acids is 1. The SMILES string of the molecule is O=C(NC(CSCc1cc(Cl)cc(Cl)c1)C(=O)O)c1ccc(Cl)cc1Cl. The maximum absolute atomic E-state index is 12.3. The molecule has 0 spiro atoms. The van der Waals surface area contributed by atoms with Crippen LogP contribution in [0.1, 0.15) is 15.9 Å². The van der Waals surface area contributed by atoms with Gasteiger partial charge >= 0.3 is 5.97 Å². The number of benzene rings is 2. The van der Waals surface area contributed by atoms with Crippen LogP contribution in [-0.2, 0) is 10.5 Å². The van der Waals surface area contributed by atoms with E-state index >= 15 is 0 Å². The summed E-state index contributed by atoms with van der Waals surface area (Å²) in [4.78, 5) is 23.7. The Hall–Kier alpha value is -1.11. The molecule has 0 aliphatic heterocycles. The van der Waals surface area contributed by atoms with E-state index in [0.29, 0.717) is 20.8 Å². The highest BCUT2D eigenvalue weighted by molar-refractivity contribution is 7.98. The fraction of sp³-hybridized carbons (Fsp3) is 0.176. The monoisotopic (exact) mass is 451 g/mol. The Labute approximate surface area is 174 Å². The number of carbonyl (C=O) groups excluding carboxylic acids is 1. The predicted octanol–water partition coefficient (Wildman–Crippen LogP) is 5.42. The number of carboxylic acid groups (broad SMARTS) is 1. The van der Waals surface area contributed by atoms with Crippen LogP contribution in [0.3, 0.4) is 0 Å². The Morgan fingerprint density at radius 2 is 1.65 bits per heavy atom. The van der Waals surface area contributed by atoms with Gasteiger partial charge in [-0.2, -0.15) is 11.8 Å². The summed E-state index contributed by atoms with van der Waals surface area (Å²) in [7, 11) is 0. The molecule has 0 radical (unpaired) electrons. The number of hydrogen-bond donors (Lipinski definition) is 2. The summed E-state index contributed by atoms with van der Waals surface area (Å²) in [6.07, 6.45) is 0. The molecule has 2 N–H and O–H groups in total. The molecule has 0 bridgehead atoms. The van der Waals surface area contributed by atoms with Gasteiger partial charge in [0.05, 0.1) is 10.6 Å². The van der Waals surface area contributed by atoms with Crippen LogP contribution >= 0.6 is 58.2 Å². The summed E-state index contributed by atoms with van der Waals surface area (Å²) in [5.41, 5.74) is 1.03. The van der Waals surface area contributed by atoms with E-state index in [1.165, 1.54) is 30.0 Å². The van der Waals surface area contributed by atoms with E-state index in [2.05, 4.69) is 5.32 Å². The smallest absolute Gasteiger partial charge is 0.327 e. The normalized spacial score (nSPS) is 11.8. The number of rotatable bonds is 7. The first-order valence-electron chi connectivity index (χ1n) is 7.27. The number of hydrogen-bond acceptors (Lipinski definition) is 3. The molecular weight excluding hydrogens is 440 g/mol. The minimum Gasteiger partial charge on any atom is -0.480 e. The summed E-state index contributed by atoms with van der Waals surface area (Å²) >= 11 is 25.0. The van der Waals surface area contributed by atoms with Gasteiger partial charge in [0, 0.05) is 26.6 Å². The van der Waals surface area contributed by atoms with Crippen molar-refractivity contribution in [1.29, 1.82) is 0 Å². The highest BCUT2D eigenvalue weighted by atomic mass is 35.5. The molecule has 0 heterocycles. The summed E-state index contributed by atoms with van der Waals surface area (Å²) in [6.45, 7) is 0. The third-order valence-electron chi connectivity index (χ3n) is 3.25. The predicted molar refractivity (Wildman–Crippen MR) is 108 cm³/mol. The van der Waals surface area contributed by atoms with Crippen molar-refractivity contribution in [3.05, 3.63) is 67.6 Å². The number of amides is 1. The lowest BCUT2D eigenvalue weighted by molar-refractivity contribution is -0.138. The molecule has 138 valence electrons. The van der Waals surface area contributed by atoms with Crippen LogP contribution in [0.15, 0.2) is 36.4 Å². The molecule has 2 rings (SSSR count). The van der Waals surface area contributed by atoms with Crippen molar-refractivity contribution < 1.29 is 14.7 Å². The van der Waals surface area contributed by atoms with Crippen LogP contribution in [0.5, 0.6) is 0 Å². The van der Waals surface area contributed by atoms with Gasteiger partial charge in [-0.15, -0.1) is 0 Å². The molecule has 9 heteroatoms. The molecule has 0 aliphatic carbocycles. The van der Waals surface area contributed by atoms with E-state index in [0.717, 1.165) is 5.56 Å². The lowest BCUT2D eigenvalue weighted by atomic mass is 10.2. The molecule has 26 heavy (non-hydrogen) atoms. The van der Waals surface area contributed by atoms with Gasteiger partial charge in [0.25, 0.3) is 5.91 Å². The summed E-state index contributed by atoms with van der Waals surface area (Å²) in [6, 6.07) is 8.42. The number of halogens is 4. The van der Waals surface area contributed by atoms with Crippen molar-refractivity contribution >= 4 is 70.0 Å². The minimum absolute atomic E-state index is 0.153. The number of thioether (sulfide) groups is 1. The summed E-state index contributed by atoms with van der Waals surface area (Å²) < 4.78 is 0. The Bertz CT molecular complexity index is 811.